The first-order valence-electron chi connectivity index (χ1n) is 11.8. The molecule has 0 nitrogen and oxygen atoms in total. The zero-order valence-electron chi connectivity index (χ0n) is 18.9. The van der Waals surface area contributed by atoms with Gasteiger partial charge in [-0.25, -0.2) is 0 Å². The Balaban J connectivity index is 1.30. The first-order chi connectivity index (χ1) is 15.8. The van der Waals surface area contributed by atoms with E-state index in [1.54, 1.807) is 0 Å². The van der Waals surface area contributed by atoms with Gasteiger partial charge in [-0.1, -0.05) is 38.7 Å². The fraction of sp³-hybridized carbons (Fsp3) is 0.357. The van der Waals surface area contributed by atoms with Gasteiger partial charge in [0.2, 0.25) is 0 Å². The number of unbranched alkanes of at least 4 members (excludes halogenated alkanes) is 6. The summed E-state index contributed by atoms with van der Waals surface area (Å²) in [5.41, 5.74) is 0. The zero-order valence-corrected chi connectivity index (χ0v) is 22.2. The fourth-order valence-electron chi connectivity index (χ4n) is 3.85. The summed E-state index contributed by atoms with van der Waals surface area (Å²) in [7, 11) is 0. The van der Waals surface area contributed by atoms with Gasteiger partial charge in [0.05, 0.1) is 0 Å². The van der Waals surface area contributed by atoms with Crippen LogP contribution >= 0.6 is 45.3 Å². The summed E-state index contributed by atoms with van der Waals surface area (Å²) in [5.74, 6) is 0. The van der Waals surface area contributed by atoms with E-state index in [0.717, 1.165) is 6.42 Å². The molecule has 32 heavy (non-hydrogen) atoms. The molecule has 4 heteroatoms. The molecule has 4 heterocycles. The summed E-state index contributed by atoms with van der Waals surface area (Å²) in [6, 6.07) is 18.4. The van der Waals surface area contributed by atoms with Crippen molar-refractivity contribution in [1.29, 1.82) is 0 Å². The maximum absolute atomic E-state index is 3.80. The Morgan fingerprint density at radius 1 is 0.562 bits per heavy atom. The van der Waals surface area contributed by atoms with Crippen LogP contribution in [0.2, 0.25) is 0 Å². The van der Waals surface area contributed by atoms with Gasteiger partial charge in [0.25, 0.3) is 0 Å². The summed E-state index contributed by atoms with van der Waals surface area (Å²) in [6.07, 6.45) is 13.6. The molecule has 0 bridgehead atoms. The van der Waals surface area contributed by atoms with Crippen molar-refractivity contribution >= 4 is 45.3 Å². The number of thiophene rings is 4. The van der Waals surface area contributed by atoms with Crippen molar-refractivity contribution in [2.24, 2.45) is 0 Å². The molecule has 0 saturated heterocycles. The van der Waals surface area contributed by atoms with Crippen molar-refractivity contribution in [2.45, 2.75) is 64.7 Å². The van der Waals surface area contributed by atoms with Gasteiger partial charge in [0.1, 0.15) is 0 Å². The number of rotatable bonds is 13. The van der Waals surface area contributed by atoms with E-state index in [1.165, 1.54) is 90.4 Å². The van der Waals surface area contributed by atoms with Crippen LogP contribution in [0.25, 0.3) is 29.3 Å². The average molecular weight is 497 g/mol. The van der Waals surface area contributed by atoms with Crippen LogP contribution in [0.15, 0.2) is 61.2 Å². The SMILES string of the molecule is C=CCCCCCCCCc1ccc(-c2ccc(-c3ccc(-c4ccc(CC)s4)s3)s2)s1. The summed E-state index contributed by atoms with van der Waals surface area (Å²) in [6.45, 7) is 6.03. The number of allylic oxidation sites excluding steroid dienone is 1. The van der Waals surface area contributed by atoms with Gasteiger partial charge in [0.15, 0.2) is 0 Å². The molecule has 0 atom stereocenters. The summed E-state index contributed by atoms with van der Waals surface area (Å²) >= 11 is 7.75. The lowest BCUT2D eigenvalue weighted by Crippen LogP contribution is -1.83. The third kappa shape index (κ3) is 6.32. The van der Waals surface area contributed by atoms with Crippen LogP contribution in [-0.2, 0) is 12.8 Å². The van der Waals surface area contributed by atoms with Gasteiger partial charge in [-0.15, -0.1) is 51.9 Å². The van der Waals surface area contributed by atoms with Gasteiger partial charge in [-0.2, -0.15) is 0 Å². The van der Waals surface area contributed by atoms with E-state index in [4.69, 9.17) is 0 Å². The van der Waals surface area contributed by atoms with Gasteiger partial charge in [-0.05, 0) is 80.6 Å². The van der Waals surface area contributed by atoms with E-state index < -0.39 is 0 Å². The molecule has 0 unspecified atom stereocenters. The normalized spacial score (nSPS) is 11.3. The van der Waals surface area contributed by atoms with Crippen molar-refractivity contribution in [2.75, 3.05) is 0 Å². The maximum Gasteiger partial charge on any atom is 0.0449 e. The average Bonchev–Trinajstić information content (AvgIpc) is 3.61. The van der Waals surface area contributed by atoms with Crippen LogP contribution in [-0.4, -0.2) is 0 Å². The van der Waals surface area contributed by atoms with Crippen LogP contribution in [0.1, 0.15) is 61.6 Å². The van der Waals surface area contributed by atoms with E-state index in [0.29, 0.717) is 0 Å². The lowest BCUT2D eigenvalue weighted by molar-refractivity contribution is 0.598. The first kappa shape index (κ1) is 23.7. The Morgan fingerprint density at radius 3 is 1.53 bits per heavy atom. The molecule has 4 aromatic heterocycles. The second-order valence-corrected chi connectivity index (χ2v) is 12.7. The lowest BCUT2D eigenvalue weighted by atomic mass is 10.1. The Labute approximate surface area is 209 Å². The summed E-state index contributed by atoms with van der Waals surface area (Å²) < 4.78 is 0. The predicted molar refractivity (Wildman–Crippen MR) is 150 cm³/mol. The number of hydrogen-bond acceptors (Lipinski definition) is 4. The lowest BCUT2D eigenvalue weighted by Gasteiger charge is -2.00. The van der Waals surface area contributed by atoms with Gasteiger partial charge in [-0.3, -0.25) is 0 Å². The van der Waals surface area contributed by atoms with Crippen molar-refractivity contribution in [3.05, 3.63) is 70.9 Å². The topological polar surface area (TPSA) is 0 Å². The van der Waals surface area contributed by atoms with E-state index in [2.05, 4.69) is 62.0 Å². The molecular formula is C28H32S4. The fourth-order valence-corrected chi connectivity index (χ4v) is 8.13. The maximum atomic E-state index is 3.80. The van der Waals surface area contributed by atoms with Crippen molar-refractivity contribution < 1.29 is 0 Å². The quantitative estimate of drug-likeness (QED) is 0.127. The highest BCUT2D eigenvalue weighted by molar-refractivity contribution is 7.28. The van der Waals surface area contributed by atoms with Crippen molar-refractivity contribution in [3.8, 4) is 29.3 Å². The van der Waals surface area contributed by atoms with Crippen molar-refractivity contribution in [3.63, 3.8) is 0 Å². The molecule has 0 fully saturated rings. The summed E-state index contributed by atoms with van der Waals surface area (Å²) in [4.78, 5) is 11.4. The van der Waals surface area contributed by atoms with E-state index in [1.807, 2.05) is 51.4 Å². The van der Waals surface area contributed by atoms with Crippen LogP contribution in [0.4, 0.5) is 0 Å². The molecule has 4 rings (SSSR count). The minimum absolute atomic E-state index is 1.12. The molecule has 0 aromatic carbocycles. The largest absolute Gasteiger partial charge is 0.139 e. The third-order valence-electron chi connectivity index (χ3n) is 5.69. The minimum Gasteiger partial charge on any atom is -0.139 e. The second-order valence-electron chi connectivity index (χ2n) is 8.16. The Morgan fingerprint density at radius 2 is 1.00 bits per heavy atom. The molecule has 0 radical (unpaired) electrons. The Bertz CT molecular complexity index is 1100. The van der Waals surface area contributed by atoms with Gasteiger partial charge >= 0.3 is 0 Å². The molecule has 0 spiro atoms. The van der Waals surface area contributed by atoms with Gasteiger partial charge < -0.3 is 0 Å². The number of aryl methyl sites for hydroxylation is 2. The molecule has 0 aliphatic carbocycles. The van der Waals surface area contributed by atoms with Crippen LogP contribution < -0.4 is 0 Å². The van der Waals surface area contributed by atoms with Crippen LogP contribution in [0.3, 0.4) is 0 Å². The third-order valence-corrected chi connectivity index (χ3v) is 10.8. The molecule has 0 N–H and O–H groups in total. The second kappa shape index (κ2) is 12.1. The van der Waals surface area contributed by atoms with E-state index in [9.17, 15) is 0 Å². The molecule has 0 aliphatic rings. The van der Waals surface area contributed by atoms with Crippen molar-refractivity contribution in [1.82, 2.24) is 0 Å². The molecule has 0 aliphatic heterocycles. The monoisotopic (exact) mass is 496 g/mol. The first-order valence-corrected chi connectivity index (χ1v) is 15.0. The van der Waals surface area contributed by atoms with E-state index >= 15 is 0 Å². The molecule has 0 amide bonds. The summed E-state index contributed by atoms with van der Waals surface area (Å²) in [5, 5.41) is 0. The van der Waals surface area contributed by atoms with Crippen LogP contribution in [0.5, 0.6) is 0 Å². The highest BCUT2D eigenvalue weighted by Crippen LogP contribution is 2.43. The highest BCUT2D eigenvalue weighted by Gasteiger charge is 2.11. The van der Waals surface area contributed by atoms with Gasteiger partial charge in [0, 0.05) is 39.0 Å². The minimum atomic E-state index is 1.12. The molecular weight excluding hydrogens is 465 g/mol. The Kier molecular flexibility index (Phi) is 8.98. The smallest absolute Gasteiger partial charge is 0.0449 e. The van der Waals surface area contributed by atoms with E-state index in [-0.39, 0.29) is 0 Å². The highest BCUT2D eigenvalue weighted by atomic mass is 32.1. The standard InChI is InChI=1S/C28H32S4/c1-3-5-6-7-8-9-10-11-12-22-14-16-24(30-22)26-18-20-28(32-26)27-19-17-25(31-27)23-15-13-21(4-2)29-23/h3,13-20H,1,4-12H2,2H3. The molecule has 4 aromatic rings. The predicted octanol–water partition coefficient (Wildman–Crippen LogP) is 11.0. The van der Waals surface area contributed by atoms with Crippen LogP contribution in [0, 0.1) is 0 Å². The Hall–Kier alpha value is -1.46. The molecule has 0 saturated carbocycles. The molecule has 168 valence electrons. The number of hydrogen-bond donors (Lipinski definition) is 0. The zero-order chi connectivity index (χ0) is 22.2.